The summed E-state index contributed by atoms with van der Waals surface area (Å²) in [6.07, 6.45) is 1.46. The molecule has 8 nitrogen and oxygen atoms in total. The van der Waals surface area contributed by atoms with Crippen LogP contribution in [0.25, 0.3) is 0 Å². The molecule has 1 saturated carbocycles. The molecule has 8 heteroatoms. The Morgan fingerprint density at radius 3 is 2.14 bits per heavy atom. The Morgan fingerprint density at radius 1 is 1.00 bits per heavy atom. The summed E-state index contributed by atoms with van der Waals surface area (Å²) in [4.78, 5) is 50.5. The maximum absolute atomic E-state index is 13.5. The van der Waals surface area contributed by atoms with Crippen molar-refractivity contribution < 1.29 is 23.9 Å². The van der Waals surface area contributed by atoms with E-state index in [0.717, 1.165) is 11.8 Å². The van der Waals surface area contributed by atoms with Gasteiger partial charge in [-0.25, -0.2) is 4.79 Å². The van der Waals surface area contributed by atoms with Gasteiger partial charge in [0.15, 0.2) is 0 Å². The van der Waals surface area contributed by atoms with Gasteiger partial charge in [-0.05, 0) is 48.5 Å². The number of hydrogen-bond acceptors (Lipinski definition) is 5. The fraction of sp³-hybridized carbons (Fsp3) is 0.630. The molecule has 35 heavy (non-hydrogen) atoms. The first-order valence-corrected chi connectivity index (χ1v) is 12.5. The van der Waals surface area contributed by atoms with Crippen LogP contribution in [0.2, 0.25) is 0 Å². The maximum atomic E-state index is 13.5. The molecule has 0 heterocycles. The fourth-order valence-corrected chi connectivity index (χ4v) is 4.43. The minimum absolute atomic E-state index is 0.0711. The number of alkyl carbamates (subject to hydrolysis) is 1. The second-order valence-electron chi connectivity index (χ2n) is 10.7. The Balaban J connectivity index is 2.10. The highest BCUT2D eigenvalue weighted by Crippen LogP contribution is 2.48. The third kappa shape index (κ3) is 8.37. The van der Waals surface area contributed by atoms with Crippen LogP contribution >= 0.6 is 0 Å². The summed E-state index contributed by atoms with van der Waals surface area (Å²) in [5.41, 5.74) is -0.281. The molecule has 1 fully saturated rings. The van der Waals surface area contributed by atoms with Gasteiger partial charge in [-0.3, -0.25) is 9.59 Å². The standard InChI is InChI=1S/C27H41N3O5/c1-17(2)12-21(15-31)28-24(32)23(13-18(3)4)29-25(33)27(14-22(27)19(5)6)30-26(34)35-16-20-10-8-7-9-11-20/h7-11,15,17-19,21-23H,12-14,16H2,1-6H3,(H,28,32)(H,29,33)(H,30,34)/t21-,22?,23-,27?/m0/s1. The van der Waals surface area contributed by atoms with Crippen LogP contribution in [-0.2, 0) is 25.7 Å². The Bertz CT molecular complexity index is 871. The highest BCUT2D eigenvalue weighted by Gasteiger charge is 2.62. The van der Waals surface area contributed by atoms with Crippen molar-refractivity contribution >= 4 is 24.2 Å². The lowest BCUT2D eigenvalue weighted by Crippen LogP contribution is -2.57. The van der Waals surface area contributed by atoms with E-state index in [1.54, 1.807) is 0 Å². The van der Waals surface area contributed by atoms with Crippen molar-refractivity contribution in [1.29, 1.82) is 0 Å². The van der Waals surface area contributed by atoms with Gasteiger partial charge in [0.25, 0.3) is 0 Å². The van der Waals surface area contributed by atoms with E-state index in [2.05, 4.69) is 16.0 Å². The van der Waals surface area contributed by atoms with Gasteiger partial charge in [0.05, 0.1) is 6.04 Å². The van der Waals surface area contributed by atoms with Crippen LogP contribution in [0.3, 0.4) is 0 Å². The van der Waals surface area contributed by atoms with Crippen molar-refractivity contribution in [2.24, 2.45) is 23.7 Å². The minimum Gasteiger partial charge on any atom is -0.445 e. The van der Waals surface area contributed by atoms with Crippen molar-refractivity contribution in [3.05, 3.63) is 35.9 Å². The molecule has 0 saturated heterocycles. The first kappa shape index (κ1) is 28.3. The molecule has 0 spiro atoms. The number of rotatable bonds is 13. The summed E-state index contributed by atoms with van der Waals surface area (Å²) < 4.78 is 5.36. The highest BCUT2D eigenvalue weighted by molar-refractivity contribution is 5.97. The molecule has 1 aromatic rings. The number of carbonyl (C=O) groups excluding carboxylic acids is 4. The Hall–Kier alpha value is -2.90. The summed E-state index contributed by atoms with van der Waals surface area (Å²) in [7, 11) is 0. The van der Waals surface area contributed by atoms with E-state index in [0.29, 0.717) is 19.3 Å². The van der Waals surface area contributed by atoms with Crippen LogP contribution in [0.4, 0.5) is 4.79 Å². The molecule has 4 atom stereocenters. The van der Waals surface area contributed by atoms with E-state index >= 15 is 0 Å². The van der Waals surface area contributed by atoms with Crippen molar-refractivity contribution in [1.82, 2.24) is 16.0 Å². The third-order valence-corrected chi connectivity index (χ3v) is 6.31. The molecule has 0 aromatic heterocycles. The molecular weight excluding hydrogens is 446 g/mol. The number of benzene rings is 1. The van der Waals surface area contributed by atoms with E-state index in [-0.39, 0.29) is 30.3 Å². The maximum Gasteiger partial charge on any atom is 0.408 e. The van der Waals surface area contributed by atoms with Gasteiger partial charge in [-0.1, -0.05) is 71.9 Å². The Kier molecular flexibility index (Phi) is 10.3. The van der Waals surface area contributed by atoms with E-state index in [1.165, 1.54) is 0 Å². The average molecular weight is 488 g/mol. The van der Waals surface area contributed by atoms with Crippen molar-refractivity contribution in [2.45, 2.75) is 85.0 Å². The van der Waals surface area contributed by atoms with Crippen molar-refractivity contribution in [3.63, 3.8) is 0 Å². The lowest BCUT2D eigenvalue weighted by molar-refractivity contribution is -0.132. The summed E-state index contributed by atoms with van der Waals surface area (Å²) in [6.45, 7) is 12.0. The van der Waals surface area contributed by atoms with E-state index in [1.807, 2.05) is 71.9 Å². The highest BCUT2D eigenvalue weighted by atomic mass is 16.5. The second kappa shape index (κ2) is 12.7. The summed E-state index contributed by atoms with van der Waals surface area (Å²) in [6, 6.07) is 7.87. The van der Waals surface area contributed by atoms with Crippen LogP contribution in [-0.4, -0.2) is 41.8 Å². The SMILES string of the molecule is CC(C)C[C@@H](C=O)NC(=O)[C@H](CC(C)C)NC(=O)C1(NC(=O)OCc2ccccc2)CC1C(C)C. The lowest BCUT2D eigenvalue weighted by Gasteiger charge is -2.26. The average Bonchev–Trinajstić information content (AvgIpc) is 3.52. The molecule has 1 aliphatic rings. The van der Waals surface area contributed by atoms with Crippen LogP contribution in [0, 0.1) is 23.7 Å². The lowest BCUT2D eigenvalue weighted by atomic mass is 9.99. The van der Waals surface area contributed by atoms with Crippen molar-refractivity contribution in [3.8, 4) is 0 Å². The quantitative estimate of drug-likeness (QED) is 0.368. The number of ether oxygens (including phenoxy) is 1. The topological polar surface area (TPSA) is 114 Å². The van der Waals surface area contributed by atoms with Crippen molar-refractivity contribution in [2.75, 3.05) is 0 Å². The Morgan fingerprint density at radius 2 is 1.63 bits per heavy atom. The molecule has 1 aliphatic carbocycles. The molecule has 2 unspecified atom stereocenters. The zero-order chi connectivity index (χ0) is 26.2. The predicted molar refractivity (Wildman–Crippen MR) is 134 cm³/mol. The molecule has 1 aromatic carbocycles. The largest absolute Gasteiger partial charge is 0.445 e. The minimum atomic E-state index is -1.13. The van der Waals surface area contributed by atoms with Crippen LogP contribution < -0.4 is 16.0 Å². The summed E-state index contributed by atoms with van der Waals surface area (Å²) >= 11 is 0. The van der Waals surface area contributed by atoms with Crippen LogP contribution in [0.15, 0.2) is 30.3 Å². The molecule has 2 rings (SSSR count). The molecule has 0 aliphatic heterocycles. The molecule has 0 radical (unpaired) electrons. The van der Waals surface area contributed by atoms with E-state index < -0.39 is 35.5 Å². The first-order chi connectivity index (χ1) is 16.5. The number of nitrogens with one attached hydrogen (secondary N) is 3. The number of aldehydes is 1. The van der Waals surface area contributed by atoms with Gasteiger partial charge in [0.2, 0.25) is 11.8 Å². The number of carbonyl (C=O) groups is 4. The number of amides is 3. The molecule has 3 amide bonds. The monoisotopic (exact) mass is 487 g/mol. The third-order valence-electron chi connectivity index (χ3n) is 6.31. The van der Waals surface area contributed by atoms with Gasteiger partial charge in [0, 0.05) is 0 Å². The first-order valence-electron chi connectivity index (χ1n) is 12.5. The van der Waals surface area contributed by atoms with E-state index in [4.69, 9.17) is 4.74 Å². The van der Waals surface area contributed by atoms with Gasteiger partial charge < -0.3 is 25.5 Å². The van der Waals surface area contributed by atoms with Gasteiger partial charge >= 0.3 is 6.09 Å². The van der Waals surface area contributed by atoms with Crippen LogP contribution in [0.5, 0.6) is 0 Å². The fourth-order valence-electron chi connectivity index (χ4n) is 4.43. The van der Waals surface area contributed by atoms with Gasteiger partial charge in [0.1, 0.15) is 24.5 Å². The van der Waals surface area contributed by atoms with Crippen LogP contribution in [0.1, 0.15) is 66.4 Å². The molecule has 194 valence electrons. The van der Waals surface area contributed by atoms with E-state index in [9.17, 15) is 19.2 Å². The smallest absolute Gasteiger partial charge is 0.408 e. The zero-order valence-electron chi connectivity index (χ0n) is 21.8. The normalized spacial score (nSPS) is 20.8. The van der Waals surface area contributed by atoms with Gasteiger partial charge in [-0.2, -0.15) is 0 Å². The Labute approximate surface area is 208 Å². The van der Waals surface area contributed by atoms with Gasteiger partial charge in [-0.15, -0.1) is 0 Å². The molecular formula is C27H41N3O5. The summed E-state index contributed by atoms with van der Waals surface area (Å²) in [5.74, 6) is -0.355. The summed E-state index contributed by atoms with van der Waals surface area (Å²) in [5, 5.41) is 8.40. The molecule has 0 bridgehead atoms. The number of hydrogen-bond donors (Lipinski definition) is 3. The molecule has 3 N–H and O–H groups in total. The predicted octanol–water partition coefficient (Wildman–Crippen LogP) is 3.59. The zero-order valence-corrected chi connectivity index (χ0v) is 21.8. The second-order valence-corrected chi connectivity index (χ2v) is 10.7.